The maximum absolute atomic E-state index is 9.21. The Labute approximate surface area is 123 Å². The Morgan fingerprint density at radius 1 is 0.950 bits per heavy atom. The Morgan fingerprint density at radius 2 is 1.45 bits per heavy atom. The molecule has 0 saturated carbocycles. The van der Waals surface area contributed by atoms with E-state index in [0.717, 1.165) is 38.5 Å². The molecule has 0 saturated heterocycles. The lowest BCUT2D eigenvalue weighted by atomic mass is 10.3. The lowest BCUT2D eigenvalue weighted by Gasteiger charge is -2.17. The first-order valence-electron chi connectivity index (χ1n) is 7.75. The quantitative estimate of drug-likeness (QED) is 0.220. The molecule has 0 N–H and O–H groups in total. The Kier molecular flexibility index (Phi) is 13.6. The van der Waals surface area contributed by atoms with Crippen LogP contribution in [0.25, 0.3) is 0 Å². The van der Waals surface area contributed by atoms with Gasteiger partial charge in [-0.1, -0.05) is 40.0 Å². The van der Waals surface area contributed by atoms with Gasteiger partial charge in [-0.15, -0.1) is 0 Å². The van der Waals surface area contributed by atoms with E-state index in [4.69, 9.17) is 14.2 Å². The molecule has 20 heavy (non-hydrogen) atoms. The van der Waals surface area contributed by atoms with Crippen LogP contribution in [0.2, 0.25) is 0 Å². The molecular weight excluding hydrogens is 254 g/mol. The van der Waals surface area contributed by atoms with Crippen molar-refractivity contribution in [2.45, 2.75) is 65.6 Å². The average Bonchev–Trinajstić information content (AvgIpc) is 2.47. The topological polar surface area (TPSA) is 51.5 Å². The summed E-state index contributed by atoms with van der Waals surface area (Å²) in [5.41, 5.74) is 0.410. The van der Waals surface area contributed by atoms with Gasteiger partial charge in [-0.3, -0.25) is 0 Å². The molecule has 0 rings (SSSR count). The van der Waals surface area contributed by atoms with Crippen LogP contribution >= 0.6 is 0 Å². The van der Waals surface area contributed by atoms with Crippen molar-refractivity contribution < 1.29 is 14.2 Å². The highest BCUT2D eigenvalue weighted by Crippen LogP contribution is 2.11. The number of unbranched alkanes of at least 4 members (excludes halogenated alkanes) is 3. The van der Waals surface area contributed by atoms with E-state index in [2.05, 4.69) is 26.8 Å². The van der Waals surface area contributed by atoms with E-state index in [0.29, 0.717) is 25.4 Å². The number of rotatable bonds is 13. The van der Waals surface area contributed by atoms with Crippen LogP contribution in [-0.2, 0) is 14.2 Å². The molecule has 0 aromatic heterocycles. The van der Waals surface area contributed by atoms with Crippen LogP contribution in [0, 0.1) is 11.3 Å². The summed E-state index contributed by atoms with van der Waals surface area (Å²) >= 11 is 0. The molecule has 0 amide bonds. The first-order chi connectivity index (χ1) is 9.79. The van der Waals surface area contributed by atoms with Crippen LogP contribution in [0.1, 0.15) is 59.3 Å². The van der Waals surface area contributed by atoms with Gasteiger partial charge in [0.2, 0.25) is 0 Å². The van der Waals surface area contributed by atoms with E-state index in [-0.39, 0.29) is 0 Å². The Balaban J connectivity index is 4.38. The van der Waals surface area contributed by atoms with Crippen molar-refractivity contribution in [1.82, 2.24) is 0 Å². The van der Waals surface area contributed by atoms with E-state index in [9.17, 15) is 5.26 Å². The van der Waals surface area contributed by atoms with Crippen molar-refractivity contribution in [3.63, 3.8) is 0 Å². The van der Waals surface area contributed by atoms with Crippen molar-refractivity contribution in [2.24, 2.45) is 0 Å². The maximum atomic E-state index is 9.21. The van der Waals surface area contributed by atoms with Crippen molar-refractivity contribution in [1.29, 1.82) is 5.26 Å². The molecule has 0 fully saturated rings. The molecule has 0 atom stereocenters. The Bertz CT molecular complexity index is 274. The molecular formula is C16H29NO3. The molecule has 4 nitrogen and oxygen atoms in total. The molecule has 0 aromatic carbocycles. The molecule has 0 bridgehead atoms. The Morgan fingerprint density at radius 3 is 1.90 bits per heavy atom. The summed E-state index contributed by atoms with van der Waals surface area (Å²) in [7, 11) is 0. The zero-order valence-corrected chi connectivity index (χ0v) is 13.2. The number of nitriles is 1. The second-order valence-corrected chi connectivity index (χ2v) is 4.69. The minimum absolute atomic E-state index is 0.410. The van der Waals surface area contributed by atoms with Crippen molar-refractivity contribution in [3.05, 3.63) is 11.8 Å². The van der Waals surface area contributed by atoms with Gasteiger partial charge in [0.05, 0.1) is 19.8 Å². The van der Waals surface area contributed by atoms with Crippen LogP contribution in [-0.4, -0.2) is 26.1 Å². The second kappa shape index (κ2) is 14.4. The third-order valence-electron chi connectivity index (χ3n) is 2.74. The number of hydrogen-bond donors (Lipinski definition) is 0. The molecule has 4 heteroatoms. The molecule has 0 radical (unpaired) electrons. The fourth-order valence-corrected chi connectivity index (χ4v) is 1.41. The van der Waals surface area contributed by atoms with Gasteiger partial charge >= 0.3 is 0 Å². The van der Waals surface area contributed by atoms with Crippen LogP contribution in [0.15, 0.2) is 11.8 Å². The van der Waals surface area contributed by atoms with Gasteiger partial charge in [-0.25, -0.2) is 0 Å². The average molecular weight is 283 g/mol. The van der Waals surface area contributed by atoms with Gasteiger partial charge in [0.1, 0.15) is 17.9 Å². The largest absolute Gasteiger partial charge is 0.500 e. The fraction of sp³-hybridized carbons (Fsp3) is 0.812. The second-order valence-electron chi connectivity index (χ2n) is 4.69. The molecule has 116 valence electrons. The van der Waals surface area contributed by atoms with Gasteiger partial charge in [-0.05, 0) is 19.3 Å². The highest BCUT2D eigenvalue weighted by Gasteiger charge is 2.16. The van der Waals surface area contributed by atoms with E-state index in [1.807, 2.05) is 0 Å². The van der Waals surface area contributed by atoms with Gasteiger partial charge in [0.25, 0.3) is 0 Å². The zero-order valence-electron chi connectivity index (χ0n) is 13.2. The standard InChI is InChI=1S/C16H29NO3/c1-4-7-10-18-14-15(13-17)16(19-11-8-5-2)20-12-9-6-3/h14,16H,4-12H2,1-3H3/b15-14-. The smallest absolute Gasteiger partial charge is 0.196 e. The normalized spacial score (nSPS) is 11.7. The first kappa shape index (κ1) is 18.9. The molecule has 0 unspecified atom stereocenters. The summed E-state index contributed by atoms with van der Waals surface area (Å²) < 4.78 is 16.7. The van der Waals surface area contributed by atoms with E-state index < -0.39 is 6.29 Å². The Hall–Kier alpha value is -1.05. The molecule has 0 aliphatic carbocycles. The van der Waals surface area contributed by atoms with E-state index in [1.165, 1.54) is 6.26 Å². The summed E-state index contributed by atoms with van der Waals surface area (Å²) in [6.45, 7) is 8.13. The summed E-state index contributed by atoms with van der Waals surface area (Å²) in [5.74, 6) is 0. The summed E-state index contributed by atoms with van der Waals surface area (Å²) in [5, 5.41) is 9.21. The number of hydrogen-bond acceptors (Lipinski definition) is 4. The minimum Gasteiger partial charge on any atom is -0.500 e. The summed E-state index contributed by atoms with van der Waals surface area (Å²) in [6.07, 6.45) is 6.97. The highest BCUT2D eigenvalue weighted by molar-refractivity contribution is 5.21. The molecule has 0 aliphatic rings. The molecule has 0 aromatic rings. The third kappa shape index (κ3) is 9.82. The SMILES string of the molecule is CCCCO/C=C(/C#N)C(OCCCC)OCCCC. The van der Waals surface area contributed by atoms with Gasteiger partial charge in [-0.2, -0.15) is 5.26 Å². The maximum Gasteiger partial charge on any atom is 0.196 e. The lowest BCUT2D eigenvalue weighted by molar-refractivity contribution is -0.118. The van der Waals surface area contributed by atoms with Crippen LogP contribution < -0.4 is 0 Å². The van der Waals surface area contributed by atoms with Crippen molar-refractivity contribution in [2.75, 3.05) is 19.8 Å². The lowest BCUT2D eigenvalue weighted by Crippen LogP contribution is -2.21. The van der Waals surface area contributed by atoms with Crippen LogP contribution in [0.4, 0.5) is 0 Å². The van der Waals surface area contributed by atoms with Crippen LogP contribution in [0.3, 0.4) is 0 Å². The van der Waals surface area contributed by atoms with Crippen LogP contribution in [0.5, 0.6) is 0 Å². The summed E-state index contributed by atoms with van der Waals surface area (Å²) in [6, 6.07) is 2.12. The highest BCUT2D eigenvalue weighted by atomic mass is 16.7. The third-order valence-corrected chi connectivity index (χ3v) is 2.74. The zero-order chi connectivity index (χ0) is 15.1. The van der Waals surface area contributed by atoms with E-state index >= 15 is 0 Å². The van der Waals surface area contributed by atoms with Gasteiger partial charge in [0, 0.05) is 0 Å². The monoisotopic (exact) mass is 283 g/mol. The van der Waals surface area contributed by atoms with Crippen molar-refractivity contribution in [3.8, 4) is 6.07 Å². The number of ether oxygens (including phenoxy) is 3. The predicted octanol–water partition coefficient (Wildman–Crippen LogP) is 4.17. The van der Waals surface area contributed by atoms with Crippen molar-refractivity contribution >= 4 is 0 Å². The van der Waals surface area contributed by atoms with E-state index in [1.54, 1.807) is 0 Å². The number of nitrogens with zero attached hydrogens (tertiary/aromatic N) is 1. The molecule has 0 spiro atoms. The minimum atomic E-state index is -0.597. The fourth-order valence-electron chi connectivity index (χ4n) is 1.41. The van der Waals surface area contributed by atoms with Gasteiger partial charge < -0.3 is 14.2 Å². The molecule has 0 heterocycles. The summed E-state index contributed by atoms with van der Waals surface area (Å²) in [4.78, 5) is 0. The van der Waals surface area contributed by atoms with Gasteiger partial charge in [0.15, 0.2) is 6.29 Å². The first-order valence-corrected chi connectivity index (χ1v) is 7.75. The molecule has 0 aliphatic heterocycles. The predicted molar refractivity (Wildman–Crippen MR) is 80.1 cm³/mol.